The molecule has 11 nitrogen and oxygen atoms in total. The van der Waals surface area contributed by atoms with Crippen molar-refractivity contribution in [1.82, 2.24) is 34.5 Å². The van der Waals surface area contributed by atoms with Gasteiger partial charge in [0.2, 0.25) is 5.91 Å². The Kier molecular flexibility index (Phi) is 5.51. The van der Waals surface area contributed by atoms with Gasteiger partial charge < -0.3 is 11.1 Å². The molecule has 204 valence electrons. The summed E-state index contributed by atoms with van der Waals surface area (Å²) in [4.78, 5) is 35.1. The van der Waals surface area contributed by atoms with E-state index in [4.69, 9.17) is 11.0 Å². The molecule has 15 heteroatoms. The Balaban J connectivity index is 1.43. The third-order valence-corrected chi connectivity index (χ3v) is 7.29. The highest BCUT2D eigenvalue weighted by Gasteiger charge is 2.60. The molecule has 1 saturated carbocycles. The number of nitrogens with two attached hydrogens (primary N) is 1. The van der Waals surface area contributed by atoms with Gasteiger partial charge in [0.05, 0.1) is 28.7 Å². The Morgan fingerprint density at radius 2 is 1.98 bits per heavy atom. The average molecular weight is 552 g/mol. The predicted molar refractivity (Wildman–Crippen MR) is 131 cm³/mol. The van der Waals surface area contributed by atoms with Gasteiger partial charge in [-0.1, -0.05) is 0 Å². The highest BCUT2D eigenvalue weighted by Crippen LogP contribution is 2.57. The van der Waals surface area contributed by atoms with Crippen LogP contribution in [0.4, 0.5) is 29.2 Å². The molecule has 3 N–H and O–H groups in total. The lowest BCUT2D eigenvalue weighted by atomic mass is 9.74. The summed E-state index contributed by atoms with van der Waals surface area (Å²) in [5.74, 6) is -8.90. The summed E-state index contributed by atoms with van der Waals surface area (Å²) in [6.07, 6.45) is 3.72. The highest BCUT2D eigenvalue weighted by atomic mass is 19.3. The third-order valence-electron chi connectivity index (χ3n) is 7.29. The first kappa shape index (κ1) is 25.5. The van der Waals surface area contributed by atoms with Gasteiger partial charge in [0.25, 0.3) is 0 Å². The molecule has 0 radical (unpaired) electrons. The molecule has 5 heterocycles. The number of aromatic nitrogens is 7. The van der Waals surface area contributed by atoms with Crippen molar-refractivity contribution in [2.24, 2.45) is 5.92 Å². The van der Waals surface area contributed by atoms with Crippen molar-refractivity contribution in [3.63, 3.8) is 0 Å². The summed E-state index contributed by atoms with van der Waals surface area (Å²) in [6.45, 7) is 0.161. The molecule has 2 aliphatic rings. The van der Waals surface area contributed by atoms with Crippen LogP contribution in [0.15, 0.2) is 30.9 Å². The molecule has 0 bridgehead atoms. The number of rotatable bonds is 7. The Morgan fingerprint density at radius 3 is 2.62 bits per heavy atom. The molecule has 1 aliphatic carbocycles. The fourth-order valence-corrected chi connectivity index (χ4v) is 5.11. The molecule has 6 rings (SSSR count). The Bertz CT molecular complexity index is 1710. The van der Waals surface area contributed by atoms with E-state index < -0.39 is 30.1 Å². The minimum absolute atomic E-state index is 0.0141. The first-order chi connectivity index (χ1) is 19.0. The summed E-state index contributed by atoms with van der Waals surface area (Å²) in [5, 5.41) is 15.9. The van der Waals surface area contributed by atoms with Gasteiger partial charge in [-0.05, 0) is 37.3 Å². The zero-order valence-corrected chi connectivity index (χ0v) is 20.9. The monoisotopic (exact) mass is 552 g/mol. The van der Waals surface area contributed by atoms with Crippen molar-refractivity contribution in [1.29, 1.82) is 5.26 Å². The molecule has 1 unspecified atom stereocenters. The van der Waals surface area contributed by atoms with E-state index in [9.17, 15) is 22.4 Å². The predicted octanol–water partition coefficient (Wildman–Crippen LogP) is 3.30. The minimum Gasteiger partial charge on any atom is -0.383 e. The van der Waals surface area contributed by atoms with Crippen LogP contribution < -0.4 is 11.1 Å². The number of nitrogens with one attached hydrogen (secondary N) is 1. The number of amides is 1. The number of nitrogens with zero attached hydrogens (tertiary/aromatic N) is 8. The molecule has 1 amide bonds. The number of nitriles is 1. The van der Waals surface area contributed by atoms with Gasteiger partial charge in [-0.3, -0.25) is 9.78 Å². The van der Waals surface area contributed by atoms with Gasteiger partial charge in [-0.15, -0.1) is 0 Å². The summed E-state index contributed by atoms with van der Waals surface area (Å²) < 4.78 is 56.1. The van der Waals surface area contributed by atoms with Crippen molar-refractivity contribution in [2.45, 2.75) is 49.9 Å². The lowest BCUT2D eigenvalue weighted by Crippen LogP contribution is -2.39. The van der Waals surface area contributed by atoms with Gasteiger partial charge >= 0.3 is 11.8 Å². The molecule has 40 heavy (non-hydrogen) atoms. The van der Waals surface area contributed by atoms with E-state index in [0.29, 0.717) is 16.8 Å². The zero-order valence-electron chi connectivity index (χ0n) is 20.9. The molecule has 4 aromatic rings. The largest absolute Gasteiger partial charge is 0.383 e. The van der Waals surface area contributed by atoms with E-state index in [2.05, 4.69) is 35.3 Å². The number of carbonyl (C=O) groups excluding carboxylic acids is 1. The van der Waals surface area contributed by atoms with E-state index >= 15 is 0 Å². The number of hydrogen-bond donors (Lipinski definition) is 2. The van der Waals surface area contributed by atoms with Crippen molar-refractivity contribution < 1.29 is 22.4 Å². The number of nitrogen functional groups attached to an aromatic ring is 1. The van der Waals surface area contributed by atoms with Gasteiger partial charge in [0.1, 0.15) is 35.1 Å². The summed E-state index contributed by atoms with van der Waals surface area (Å²) >= 11 is 0. The lowest BCUT2D eigenvalue weighted by Gasteiger charge is -2.27. The molecule has 1 fully saturated rings. The van der Waals surface area contributed by atoms with Crippen molar-refractivity contribution in [3.05, 3.63) is 53.4 Å². The van der Waals surface area contributed by atoms with Crippen molar-refractivity contribution in [3.8, 4) is 17.6 Å². The third kappa shape index (κ3) is 3.81. The number of alkyl halides is 4. The van der Waals surface area contributed by atoms with Gasteiger partial charge in [-0.25, -0.2) is 33.2 Å². The Morgan fingerprint density at radius 1 is 1.20 bits per heavy atom. The molecule has 0 aromatic carbocycles. The van der Waals surface area contributed by atoms with Crippen LogP contribution in [0.2, 0.25) is 0 Å². The lowest BCUT2D eigenvalue weighted by molar-refractivity contribution is -0.200. The van der Waals surface area contributed by atoms with Crippen LogP contribution in [0, 0.1) is 17.2 Å². The topological polar surface area (TPSA) is 161 Å². The smallest absolute Gasteiger partial charge is 0.310 e. The molecule has 1 aliphatic heterocycles. The SMILES string of the molecule is CC(F)(F)C(F)(F)CCc1nc(-c2nc(N)c3c(n2)NC(=O)C3(c2ccc(C#N)cn2)C2CC2)cn2ncnc12. The van der Waals surface area contributed by atoms with Crippen molar-refractivity contribution in [2.75, 3.05) is 11.1 Å². The maximum atomic E-state index is 14.0. The van der Waals surface area contributed by atoms with Crippen LogP contribution >= 0.6 is 0 Å². The standard InChI is InChI=1S/C25H20F4N10O/c1-23(26,27)24(28,29)7-6-14-21-33-11-34-39(21)10-15(35-14)19-36-18(31)17-20(37-19)38-22(40)25(17,13-3-4-13)16-5-2-12(8-30)9-32-16/h2,5,9-11,13H,3-4,6-7H2,1H3,(H3,31,36,37,38,40). The van der Waals surface area contributed by atoms with E-state index in [0.717, 1.165) is 12.8 Å². The summed E-state index contributed by atoms with van der Waals surface area (Å²) in [6, 6.07) is 5.18. The van der Waals surface area contributed by atoms with Crippen LogP contribution in [0.5, 0.6) is 0 Å². The first-order valence-corrected chi connectivity index (χ1v) is 12.3. The summed E-state index contributed by atoms with van der Waals surface area (Å²) in [7, 11) is 0. The Hall–Kier alpha value is -4.74. The molecule has 0 saturated heterocycles. The number of carbonyl (C=O) groups is 1. The maximum absolute atomic E-state index is 14.0. The quantitative estimate of drug-likeness (QED) is 0.328. The Labute approximate surface area is 223 Å². The molecule has 0 spiro atoms. The van der Waals surface area contributed by atoms with E-state index in [1.165, 1.54) is 23.2 Å². The van der Waals surface area contributed by atoms with Gasteiger partial charge in [0, 0.05) is 19.5 Å². The summed E-state index contributed by atoms with van der Waals surface area (Å²) in [5.41, 5.74) is 6.43. The van der Waals surface area contributed by atoms with Crippen LogP contribution in [-0.2, 0) is 16.6 Å². The number of anilines is 2. The second-order valence-corrected chi connectivity index (χ2v) is 9.93. The van der Waals surface area contributed by atoms with Crippen molar-refractivity contribution >= 4 is 23.2 Å². The number of pyridine rings is 1. The van der Waals surface area contributed by atoms with E-state index in [1.807, 2.05) is 6.07 Å². The maximum Gasteiger partial charge on any atom is 0.310 e. The number of hydrogen-bond acceptors (Lipinski definition) is 9. The minimum atomic E-state index is -4.27. The highest BCUT2D eigenvalue weighted by molar-refractivity contribution is 6.09. The van der Waals surface area contributed by atoms with E-state index in [-0.39, 0.29) is 53.2 Å². The van der Waals surface area contributed by atoms with Crippen LogP contribution in [0.3, 0.4) is 0 Å². The van der Waals surface area contributed by atoms with Crippen LogP contribution in [0.1, 0.15) is 48.7 Å². The zero-order chi connectivity index (χ0) is 28.4. The van der Waals surface area contributed by atoms with Crippen LogP contribution in [0.25, 0.3) is 17.2 Å². The second kappa shape index (κ2) is 8.63. The van der Waals surface area contributed by atoms with Gasteiger partial charge in [-0.2, -0.15) is 19.1 Å². The molecular formula is C25H20F4N10O. The second-order valence-electron chi connectivity index (χ2n) is 9.93. The molecule has 4 aromatic heterocycles. The fourth-order valence-electron chi connectivity index (χ4n) is 5.11. The number of fused-ring (bicyclic) bond motifs is 2. The van der Waals surface area contributed by atoms with Gasteiger partial charge in [0.15, 0.2) is 11.5 Å². The number of halogens is 4. The molecular weight excluding hydrogens is 532 g/mol. The normalized spacial score (nSPS) is 18.9. The fraction of sp³-hybridized carbons (Fsp3) is 0.360. The average Bonchev–Trinajstić information content (AvgIpc) is 3.56. The number of aryl methyl sites for hydroxylation is 1. The first-order valence-electron chi connectivity index (χ1n) is 12.3. The van der Waals surface area contributed by atoms with E-state index in [1.54, 1.807) is 12.1 Å². The molecule has 1 atom stereocenters. The van der Waals surface area contributed by atoms with Crippen LogP contribution in [-0.4, -0.2) is 52.3 Å².